The third kappa shape index (κ3) is 14.0. The lowest BCUT2D eigenvalue weighted by Crippen LogP contribution is -2.50. The molecule has 0 fully saturated rings. The summed E-state index contributed by atoms with van der Waals surface area (Å²) < 4.78 is 22.7. The Morgan fingerprint density at radius 1 is 0.725 bits per heavy atom. The molecule has 0 radical (unpaired) electrons. The maximum Gasteiger partial charge on any atom is 0.317 e. The van der Waals surface area contributed by atoms with Gasteiger partial charge < -0.3 is 25.7 Å². The van der Waals surface area contributed by atoms with Crippen LogP contribution in [0, 0.1) is 0 Å². The summed E-state index contributed by atoms with van der Waals surface area (Å²) in [6.45, 7) is -3.47. The Labute approximate surface area is 294 Å². The second-order valence-corrected chi connectivity index (χ2v) is 13.9. The maximum atomic E-state index is 13.5. The molecule has 1 aromatic heterocycles. The fraction of sp³-hybridized carbons (Fsp3) is 0.379. The van der Waals surface area contributed by atoms with Gasteiger partial charge in [-0.25, -0.2) is 13.6 Å². The number of carbonyl (C=O) groups excluding carboxylic acids is 2. The highest BCUT2D eigenvalue weighted by Gasteiger charge is 2.26. The molecular formula is C29H36N8O12S2. The molecule has 0 spiro atoms. The largest absolute Gasteiger partial charge is 0.480 e. The number of fused-ring (bicyclic) bond motifs is 1. The predicted octanol–water partition coefficient (Wildman–Crippen LogP) is -1.75. The molecule has 1 atom stereocenters. The lowest BCUT2D eigenvalue weighted by Gasteiger charge is -2.28. The van der Waals surface area contributed by atoms with Gasteiger partial charge in [-0.15, -0.1) is 10.2 Å². The first-order valence-electron chi connectivity index (χ1n) is 15.0. The third-order valence-corrected chi connectivity index (χ3v) is 9.25. The molecule has 2 amide bonds. The summed E-state index contributed by atoms with van der Waals surface area (Å²) in [6.07, 6.45) is -0.0473. The van der Waals surface area contributed by atoms with Crippen molar-refractivity contribution < 1.29 is 57.6 Å². The molecular weight excluding hydrogens is 716 g/mol. The Hall–Kier alpha value is -5.13. The van der Waals surface area contributed by atoms with Crippen LogP contribution in [0.3, 0.4) is 0 Å². The predicted molar refractivity (Wildman–Crippen MR) is 179 cm³/mol. The van der Waals surface area contributed by atoms with Crippen LogP contribution in [0.2, 0.25) is 0 Å². The summed E-state index contributed by atoms with van der Waals surface area (Å²) in [7, 11) is -4.20. The maximum absolute atomic E-state index is 13.5. The zero-order valence-electron chi connectivity index (χ0n) is 26.9. The van der Waals surface area contributed by atoms with E-state index < -0.39 is 88.8 Å². The number of hydrogen-bond acceptors (Lipinski definition) is 14. The molecule has 8 N–H and O–H groups in total. The van der Waals surface area contributed by atoms with Gasteiger partial charge >= 0.3 is 23.9 Å². The van der Waals surface area contributed by atoms with Gasteiger partial charge in [0.25, 0.3) is 10.0 Å². The number of benzene rings is 2. The topological polar surface area (TPSA) is 303 Å². The second kappa shape index (κ2) is 18.7. The molecule has 3 aromatic rings. The Bertz CT molecular complexity index is 1830. The zero-order chi connectivity index (χ0) is 37.7. The highest BCUT2D eigenvalue weighted by molar-refractivity contribution is 7.91. The lowest BCUT2D eigenvalue weighted by molar-refractivity contribution is -0.143. The quantitative estimate of drug-likeness (QED) is 0.0560. The molecule has 0 bridgehead atoms. The van der Waals surface area contributed by atoms with E-state index in [0.717, 1.165) is 15.7 Å². The van der Waals surface area contributed by atoms with Gasteiger partial charge in [0, 0.05) is 32.6 Å². The van der Waals surface area contributed by atoms with E-state index in [4.69, 9.17) is 15.4 Å². The lowest BCUT2D eigenvalue weighted by atomic mass is 9.98. The van der Waals surface area contributed by atoms with Gasteiger partial charge in [-0.2, -0.15) is 0 Å². The highest BCUT2D eigenvalue weighted by atomic mass is 32.2. The van der Waals surface area contributed by atoms with Crippen LogP contribution in [-0.4, -0.2) is 154 Å². The fourth-order valence-electron chi connectivity index (χ4n) is 4.94. The minimum absolute atomic E-state index is 0.0473. The Kier molecular flexibility index (Phi) is 14.8. The minimum atomic E-state index is -4.20. The van der Waals surface area contributed by atoms with Gasteiger partial charge in [0.2, 0.25) is 21.3 Å². The van der Waals surface area contributed by atoms with E-state index in [9.17, 15) is 47.4 Å². The standard InChI is InChI=1S/C29H36N8O12S2/c30-51(48,49)29-34-33-28(50-29)32-27(47)21(12-19-6-3-5-18-4-1-2-7-20(18)19)31-22(38)13-36(15-24(41)42)10-8-35(14-23(39)40)9-11-37(16-25(43)44)17-26(45)46/h1-7,21H,8-17H2,(H,31,38)(H,39,40)(H,41,42)(H,43,44)(H,45,46)(H2,30,48,49)(H,32,33,47)/t21-/m0/s1. The molecule has 1 heterocycles. The van der Waals surface area contributed by atoms with Gasteiger partial charge in [-0.1, -0.05) is 53.8 Å². The number of aliphatic carboxylic acids is 4. The van der Waals surface area contributed by atoms with Gasteiger partial charge in [0.05, 0.1) is 32.7 Å². The van der Waals surface area contributed by atoms with Crippen LogP contribution >= 0.6 is 11.3 Å². The van der Waals surface area contributed by atoms with E-state index in [1.165, 1.54) is 9.80 Å². The Morgan fingerprint density at radius 3 is 1.78 bits per heavy atom. The van der Waals surface area contributed by atoms with Crippen molar-refractivity contribution in [3.63, 3.8) is 0 Å². The SMILES string of the molecule is NS(=O)(=O)c1nnc(NC(=O)[C@H](Cc2cccc3ccccc23)NC(=O)CN(CCN(CCN(CC(=O)O)CC(=O)O)CC(=O)O)CC(=O)O)s1. The minimum Gasteiger partial charge on any atom is -0.480 e. The van der Waals surface area contributed by atoms with Crippen LogP contribution in [0.1, 0.15) is 5.56 Å². The van der Waals surface area contributed by atoms with Crippen LogP contribution in [0.4, 0.5) is 5.13 Å². The van der Waals surface area contributed by atoms with Gasteiger partial charge in [0.1, 0.15) is 6.04 Å². The molecule has 0 aliphatic carbocycles. The number of carboxylic acids is 4. The van der Waals surface area contributed by atoms with E-state index in [1.807, 2.05) is 24.3 Å². The fourth-order valence-corrected chi connectivity index (χ4v) is 6.28. The van der Waals surface area contributed by atoms with E-state index >= 15 is 0 Å². The van der Waals surface area contributed by atoms with Crippen LogP contribution in [-0.2, 0) is 45.2 Å². The van der Waals surface area contributed by atoms with Crippen LogP contribution in [0.5, 0.6) is 0 Å². The summed E-state index contributed by atoms with van der Waals surface area (Å²) in [5.41, 5.74) is 0.669. The number of carbonyl (C=O) groups is 6. The van der Waals surface area contributed by atoms with Crippen molar-refractivity contribution in [3.8, 4) is 0 Å². The summed E-state index contributed by atoms with van der Waals surface area (Å²) in [6, 6.07) is 11.4. The molecule has 2 aromatic carbocycles. The van der Waals surface area contributed by atoms with Crippen LogP contribution in [0.25, 0.3) is 10.8 Å². The van der Waals surface area contributed by atoms with Crippen molar-refractivity contribution in [1.82, 2.24) is 30.2 Å². The van der Waals surface area contributed by atoms with E-state index in [-0.39, 0.29) is 37.7 Å². The Morgan fingerprint density at radius 2 is 1.24 bits per heavy atom. The smallest absolute Gasteiger partial charge is 0.317 e. The number of nitrogens with one attached hydrogen (secondary N) is 2. The number of amides is 2. The summed E-state index contributed by atoms with van der Waals surface area (Å²) in [5.74, 6) is -6.72. The summed E-state index contributed by atoms with van der Waals surface area (Å²) in [5, 5.41) is 55.7. The van der Waals surface area contributed by atoms with E-state index in [0.29, 0.717) is 16.9 Å². The molecule has 22 heteroatoms. The number of carboxylic acid groups (broad SMARTS) is 4. The number of anilines is 1. The number of aromatic nitrogens is 2. The average molecular weight is 753 g/mol. The molecule has 3 rings (SSSR count). The average Bonchev–Trinajstić information content (AvgIpc) is 3.50. The van der Waals surface area contributed by atoms with Crippen LogP contribution < -0.4 is 15.8 Å². The second-order valence-electron chi connectivity index (χ2n) is 11.1. The third-order valence-electron chi connectivity index (χ3n) is 7.10. The molecule has 0 unspecified atom stereocenters. The van der Waals surface area contributed by atoms with E-state index in [1.54, 1.807) is 18.2 Å². The first kappa shape index (κ1) is 40.3. The van der Waals surface area contributed by atoms with Crippen molar-refractivity contribution in [3.05, 3.63) is 48.0 Å². The van der Waals surface area contributed by atoms with E-state index in [2.05, 4.69) is 20.8 Å². The number of nitrogens with two attached hydrogens (primary N) is 1. The van der Waals surface area contributed by atoms with Gasteiger partial charge in [0.15, 0.2) is 0 Å². The number of hydrogen-bond donors (Lipinski definition) is 7. The zero-order valence-corrected chi connectivity index (χ0v) is 28.5. The normalized spacial score (nSPS) is 12.2. The molecule has 51 heavy (non-hydrogen) atoms. The van der Waals surface area contributed by atoms with Crippen molar-refractivity contribution in [1.29, 1.82) is 0 Å². The molecule has 0 saturated carbocycles. The number of nitrogens with zero attached hydrogens (tertiary/aromatic N) is 5. The van der Waals surface area contributed by atoms with Gasteiger partial charge in [-0.05, 0) is 16.3 Å². The number of sulfonamides is 1. The molecule has 0 aliphatic heterocycles. The number of primary sulfonamides is 1. The number of rotatable bonds is 22. The Balaban J connectivity index is 1.78. The molecule has 0 aliphatic rings. The first-order valence-corrected chi connectivity index (χ1v) is 17.3. The summed E-state index contributed by atoms with van der Waals surface area (Å²) >= 11 is 0.494. The molecule has 276 valence electrons. The van der Waals surface area contributed by atoms with Crippen molar-refractivity contribution in [2.75, 3.05) is 64.2 Å². The molecule has 0 saturated heterocycles. The van der Waals surface area contributed by atoms with Crippen LogP contribution in [0.15, 0.2) is 46.8 Å². The van der Waals surface area contributed by atoms with Gasteiger partial charge in [-0.3, -0.25) is 48.8 Å². The highest BCUT2D eigenvalue weighted by Crippen LogP contribution is 2.22. The summed E-state index contributed by atoms with van der Waals surface area (Å²) in [4.78, 5) is 75.9. The molecule has 20 nitrogen and oxygen atoms in total. The van der Waals surface area contributed by atoms with Crippen molar-refractivity contribution in [2.24, 2.45) is 5.14 Å². The first-order chi connectivity index (χ1) is 24.0. The van der Waals surface area contributed by atoms with Crippen molar-refractivity contribution >= 4 is 73.0 Å². The monoisotopic (exact) mass is 752 g/mol. The van der Waals surface area contributed by atoms with Crippen molar-refractivity contribution in [2.45, 2.75) is 16.8 Å².